The summed E-state index contributed by atoms with van der Waals surface area (Å²) in [5, 5.41) is 9.47. The first-order valence-corrected chi connectivity index (χ1v) is 10.5. The molecular weight excluding hydrogens is 395 g/mol. The number of halogens is 2. The first-order chi connectivity index (χ1) is 13.6. The Bertz CT molecular complexity index is 1020. The van der Waals surface area contributed by atoms with Crippen molar-refractivity contribution >= 4 is 34.8 Å². The summed E-state index contributed by atoms with van der Waals surface area (Å²) < 4.78 is 1.94. The van der Waals surface area contributed by atoms with Gasteiger partial charge in [-0.2, -0.15) is 0 Å². The molecule has 1 aromatic carbocycles. The summed E-state index contributed by atoms with van der Waals surface area (Å²) in [6, 6.07) is 5.91. The van der Waals surface area contributed by atoms with E-state index < -0.39 is 0 Å². The zero-order valence-corrected chi connectivity index (χ0v) is 17.0. The van der Waals surface area contributed by atoms with E-state index in [1.807, 2.05) is 22.7 Å². The van der Waals surface area contributed by atoms with Gasteiger partial charge in [-0.3, -0.25) is 4.40 Å². The third-order valence-electron chi connectivity index (χ3n) is 6.57. The summed E-state index contributed by atoms with van der Waals surface area (Å²) in [5.41, 5.74) is 9.10. The van der Waals surface area contributed by atoms with Crippen LogP contribution in [0.5, 0.6) is 0 Å². The van der Waals surface area contributed by atoms with E-state index in [2.05, 4.69) is 15.1 Å². The Morgan fingerprint density at radius 3 is 2.68 bits per heavy atom. The number of piperidine rings is 1. The number of anilines is 1. The molecule has 2 N–H and O–H groups in total. The molecule has 1 spiro atoms. The van der Waals surface area contributed by atoms with Gasteiger partial charge in [0.2, 0.25) is 5.95 Å². The van der Waals surface area contributed by atoms with Gasteiger partial charge in [-0.1, -0.05) is 41.8 Å². The van der Waals surface area contributed by atoms with Gasteiger partial charge in [0, 0.05) is 36.5 Å². The van der Waals surface area contributed by atoms with Gasteiger partial charge in [-0.05, 0) is 37.2 Å². The average Bonchev–Trinajstić information content (AvgIpc) is 3.32. The van der Waals surface area contributed by atoms with Gasteiger partial charge in [0.15, 0.2) is 5.65 Å². The maximum atomic E-state index is 6.43. The molecule has 3 aromatic rings. The van der Waals surface area contributed by atoms with E-state index in [1.54, 1.807) is 12.4 Å². The molecule has 146 valence electrons. The van der Waals surface area contributed by atoms with Crippen molar-refractivity contribution in [2.24, 2.45) is 11.1 Å². The van der Waals surface area contributed by atoms with Crippen molar-refractivity contribution < 1.29 is 0 Å². The molecule has 2 fully saturated rings. The fraction of sp³-hybridized carbons (Fsp3) is 0.450. The van der Waals surface area contributed by atoms with Crippen LogP contribution in [-0.4, -0.2) is 38.7 Å². The molecule has 3 heterocycles. The van der Waals surface area contributed by atoms with Crippen LogP contribution in [0.1, 0.15) is 32.1 Å². The van der Waals surface area contributed by atoms with Gasteiger partial charge in [-0.15, -0.1) is 10.2 Å². The second kappa shape index (κ2) is 6.87. The van der Waals surface area contributed by atoms with Crippen LogP contribution in [0.15, 0.2) is 30.7 Å². The Morgan fingerprint density at radius 2 is 1.93 bits per heavy atom. The van der Waals surface area contributed by atoms with E-state index in [0.717, 1.165) is 55.1 Å². The largest absolute Gasteiger partial charge is 0.342 e. The molecule has 0 radical (unpaired) electrons. The quantitative estimate of drug-likeness (QED) is 0.677. The summed E-state index contributed by atoms with van der Waals surface area (Å²) in [7, 11) is 0. The van der Waals surface area contributed by atoms with Crippen molar-refractivity contribution in [3.8, 4) is 11.1 Å². The Morgan fingerprint density at radius 1 is 1.11 bits per heavy atom. The fourth-order valence-electron chi connectivity index (χ4n) is 4.88. The van der Waals surface area contributed by atoms with Crippen LogP contribution in [0.3, 0.4) is 0 Å². The van der Waals surface area contributed by atoms with E-state index in [0.29, 0.717) is 21.5 Å². The zero-order valence-electron chi connectivity index (χ0n) is 15.5. The van der Waals surface area contributed by atoms with E-state index in [1.165, 1.54) is 12.8 Å². The number of aromatic nitrogens is 4. The highest BCUT2D eigenvalue weighted by atomic mass is 35.5. The lowest BCUT2D eigenvalue weighted by Crippen LogP contribution is -2.47. The summed E-state index contributed by atoms with van der Waals surface area (Å²) >= 11 is 12.6. The van der Waals surface area contributed by atoms with Crippen LogP contribution in [0, 0.1) is 5.41 Å². The number of benzene rings is 1. The lowest BCUT2D eigenvalue weighted by atomic mass is 9.74. The molecule has 1 aliphatic carbocycles. The summed E-state index contributed by atoms with van der Waals surface area (Å²) in [6.07, 6.45) is 9.42. The SMILES string of the molecule is N[C@@H]1CCCC12CCN(c1ncc(-c3cccc(Cl)c3Cl)c3nncn13)CC2. The van der Waals surface area contributed by atoms with Crippen LogP contribution in [0.25, 0.3) is 16.8 Å². The van der Waals surface area contributed by atoms with Gasteiger partial charge in [-0.25, -0.2) is 4.98 Å². The van der Waals surface area contributed by atoms with Crippen molar-refractivity contribution in [2.75, 3.05) is 18.0 Å². The van der Waals surface area contributed by atoms with Gasteiger partial charge in [0.1, 0.15) is 6.33 Å². The highest BCUT2D eigenvalue weighted by Gasteiger charge is 2.43. The maximum absolute atomic E-state index is 6.43. The summed E-state index contributed by atoms with van der Waals surface area (Å²) in [5.74, 6) is 0.864. The van der Waals surface area contributed by atoms with Crippen LogP contribution < -0.4 is 10.6 Å². The smallest absolute Gasteiger partial charge is 0.212 e. The highest BCUT2D eigenvalue weighted by molar-refractivity contribution is 6.43. The van der Waals surface area contributed by atoms with Crippen LogP contribution >= 0.6 is 23.2 Å². The Balaban J connectivity index is 1.50. The third-order valence-corrected chi connectivity index (χ3v) is 7.39. The molecular formula is C20H22Cl2N6. The number of nitrogens with zero attached hydrogens (tertiary/aromatic N) is 5. The van der Waals surface area contributed by atoms with E-state index in [-0.39, 0.29) is 0 Å². The topological polar surface area (TPSA) is 72.3 Å². The fourth-order valence-corrected chi connectivity index (χ4v) is 5.28. The lowest BCUT2D eigenvalue weighted by molar-refractivity contribution is 0.197. The monoisotopic (exact) mass is 416 g/mol. The van der Waals surface area contributed by atoms with Gasteiger partial charge < -0.3 is 10.6 Å². The second-order valence-corrected chi connectivity index (χ2v) is 8.73. The highest BCUT2D eigenvalue weighted by Crippen LogP contribution is 2.46. The van der Waals surface area contributed by atoms with Gasteiger partial charge in [0.05, 0.1) is 10.0 Å². The summed E-state index contributed by atoms with van der Waals surface area (Å²) in [4.78, 5) is 7.08. The normalized spacial score (nSPS) is 21.7. The van der Waals surface area contributed by atoms with E-state index in [9.17, 15) is 0 Å². The predicted octanol–water partition coefficient (Wildman–Crippen LogP) is 4.20. The van der Waals surface area contributed by atoms with Crippen LogP contribution in [0.2, 0.25) is 10.0 Å². The molecule has 6 nitrogen and oxygen atoms in total. The average molecular weight is 417 g/mol. The Kier molecular flexibility index (Phi) is 4.45. The maximum Gasteiger partial charge on any atom is 0.212 e. The van der Waals surface area contributed by atoms with E-state index >= 15 is 0 Å². The molecule has 0 bridgehead atoms. The van der Waals surface area contributed by atoms with Crippen LogP contribution in [-0.2, 0) is 0 Å². The van der Waals surface area contributed by atoms with E-state index in [4.69, 9.17) is 33.9 Å². The molecule has 5 rings (SSSR count). The molecule has 1 aliphatic heterocycles. The van der Waals surface area contributed by atoms with Crippen molar-refractivity contribution in [3.63, 3.8) is 0 Å². The molecule has 2 aromatic heterocycles. The van der Waals surface area contributed by atoms with Crippen molar-refractivity contribution in [3.05, 3.63) is 40.8 Å². The minimum atomic E-state index is 0.317. The molecule has 8 heteroatoms. The number of hydrogen-bond donors (Lipinski definition) is 1. The van der Waals surface area contributed by atoms with Crippen molar-refractivity contribution in [2.45, 2.75) is 38.1 Å². The first kappa shape index (κ1) is 18.2. The molecule has 1 atom stereocenters. The van der Waals surface area contributed by atoms with Gasteiger partial charge in [0.25, 0.3) is 0 Å². The second-order valence-electron chi connectivity index (χ2n) is 7.95. The standard InChI is InChI=1S/C20H22Cl2N6/c21-15-4-1-3-13(17(15)22)14-11-24-19(28-12-25-26-18(14)28)27-9-7-20(8-10-27)6-2-5-16(20)23/h1,3-4,11-12,16H,2,5-10,23H2/t16-/m1/s1. The molecule has 0 amide bonds. The number of nitrogens with two attached hydrogens (primary N) is 1. The Hall–Kier alpha value is -1.89. The number of hydrogen-bond acceptors (Lipinski definition) is 5. The Labute approximate surface area is 173 Å². The lowest BCUT2D eigenvalue weighted by Gasteiger charge is -2.42. The molecule has 2 aliphatic rings. The van der Waals surface area contributed by atoms with Crippen LogP contribution in [0.4, 0.5) is 5.95 Å². The number of rotatable bonds is 2. The van der Waals surface area contributed by atoms with Gasteiger partial charge >= 0.3 is 0 Å². The summed E-state index contributed by atoms with van der Waals surface area (Å²) in [6.45, 7) is 1.90. The third kappa shape index (κ3) is 2.78. The zero-order chi connectivity index (χ0) is 19.3. The minimum absolute atomic E-state index is 0.317. The first-order valence-electron chi connectivity index (χ1n) is 9.73. The minimum Gasteiger partial charge on any atom is -0.342 e. The molecule has 0 unspecified atom stereocenters. The molecule has 28 heavy (non-hydrogen) atoms. The van der Waals surface area contributed by atoms with Crippen molar-refractivity contribution in [1.29, 1.82) is 0 Å². The van der Waals surface area contributed by atoms with Crippen molar-refractivity contribution in [1.82, 2.24) is 19.6 Å². The predicted molar refractivity (Wildman–Crippen MR) is 112 cm³/mol. The number of fused-ring (bicyclic) bond motifs is 1. The molecule has 1 saturated carbocycles. The molecule has 1 saturated heterocycles.